The molecule has 1 fully saturated rings. The average Bonchev–Trinajstić information content (AvgIpc) is 2.96. The molecule has 0 aromatic carbocycles. The highest BCUT2D eigenvalue weighted by Crippen LogP contribution is 2.32. The number of piperidine rings is 1. The van der Waals surface area contributed by atoms with E-state index in [0.29, 0.717) is 30.5 Å². The van der Waals surface area contributed by atoms with Gasteiger partial charge in [-0.3, -0.25) is 9.69 Å². The Morgan fingerprint density at radius 2 is 1.89 bits per heavy atom. The summed E-state index contributed by atoms with van der Waals surface area (Å²) in [6.07, 6.45) is 8.55. The van der Waals surface area contributed by atoms with Crippen molar-refractivity contribution in [3.63, 3.8) is 0 Å². The zero-order valence-electron chi connectivity index (χ0n) is 16.8. The smallest absolute Gasteiger partial charge is 0.232 e. The zero-order chi connectivity index (χ0) is 19.2. The molecule has 3 rings (SSSR count). The van der Waals surface area contributed by atoms with Crippen LogP contribution in [0, 0.1) is 0 Å². The topological polar surface area (TPSA) is 87.4 Å². The van der Waals surface area contributed by atoms with Gasteiger partial charge in [0.05, 0.1) is 6.42 Å². The van der Waals surface area contributed by atoms with Gasteiger partial charge in [-0.2, -0.15) is 9.97 Å². The molecule has 1 amide bonds. The molecule has 0 radical (unpaired) electrons. The third-order valence-corrected chi connectivity index (χ3v) is 5.55. The van der Waals surface area contributed by atoms with Crippen molar-refractivity contribution in [3.05, 3.63) is 5.56 Å². The molecular weight excluding hydrogens is 340 g/mol. The minimum Gasteiger partial charge on any atom is -0.383 e. The van der Waals surface area contributed by atoms with Gasteiger partial charge in [0, 0.05) is 18.2 Å². The predicted octanol–water partition coefficient (Wildman–Crippen LogP) is 2.81. The maximum absolute atomic E-state index is 12.5. The summed E-state index contributed by atoms with van der Waals surface area (Å²) in [4.78, 5) is 25.8. The lowest BCUT2D eigenvalue weighted by Crippen LogP contribution is -2.32. The molecule has 0 saturated carbocycles. The predicted molar refractivity (Wildman–Crippen MR) is 110 cm³/mol. The first-order valence-corrected chi connectivity index (χ1v) is 10.5. The highest BCUT2D eigenvalue weighted by atomic mass is 16.2. The van der Waals surface area contributed by atoms with E-state index in [1.165, 1.54) is 32.4 Å². The van der Waals surface area contributed by atoms with Crippen LogP contribution in [0.2, 0.25) is 0 Å². The molecule has 1 saturated heterocycles. The number of nitrogen functional groups attached to an aromatic ring is 1. The fourth-order valence-corrected chi connectivity index (χ4v) is 4.06. The lowest BCUT2D eigenvalue weighted by molar-refractivity contribution is -0.117. The summed E-state index contributed by atoms with van der Waals surface area (Å²) < 4.78 is 0. The number of nitrogens with zero attached hydrogens (tertiary/aromatic N) is 4. The third kappa shape index (κ3) is 5.09. The number of nitrogens with two attached hydrogens (primary N) is 1. The Kier molecular flexibility index (Phi) is 6.88. The van der Waals surface area contributed by atoms with Crippen molar-refractivity contribution in [2.45, 2.75) is 71.3 Å². The van der Waals surface area contributed by atoms with E-state index in [1.54, 1.807) is 4.90 Å². The Morgan fingerprint density at radius 3 is 2.63 bits per heavy atom. The molecule has 0 spiro atoms. The lowest BCUT2D eigenvalue weighted by atomic mass is 10.1. The van der Waals surface area contributed by atoms with Crippen LogP contribution in [0.1, 0.15) is 64.4 Å². The molecule has 2 aliphatic rings. The summed E-state index contributed by atoms with van der Waals surface area (Å²) in [6, 6.07) is 0.280. The molecule has 3 heterocycles. The number of unbranched alkanes of at least 4 members (excludes halogenated alkanes) is 1. The standard InChI is InChI=1S/C20H34N6O/c1-3-9-15(2)22-20-23-18(21)16-14-17(27)26(19(16)24-20)13-8-7-12-25-10-5-4-6-11-25/h15H,3-14H2,1-2H3,(H3,21,22,23,24)/t15-/m0/s1. The first kappa shape index (κ1) is 19.9. The molecule has 150 valence electrons. The van der Waals surface area contributed by atoms with Crippen molar-refractivity contribution in [3.8, 4) is 0 Å². The number of nitrogens with one attached hydrogen (secondary N) is 1. The maximum atomic E-state index is 12.5. The van der Waals surface area contributed by atoms with Crippen LogP contribution < -0.4 is 16.0 Å². The van der Waals surface area contributed by atoms with Gasteiger partial charge in [0.2, 0.25) is 11.9 Å². The molecule has 0 aliphatic carbocycles. The minimum atomic E-state index is 0.0859. The van der Waals surface area contributed by atoms with Gasteiger partial charge in [-0.05, 0) is 58.7 Å². The maximum Gasteiger partial charge on any atom is 0.232 e. The highest BCUT2D eigenvalue weighted by molar-refractivity contribution is 6.01. The Morgan fingerprint density at radius 1 is 1.15 bits per heavy atom. The number of hydrogen-bond donors (Lipinski definition) is 2. The fourth-order valence-electron chi connectivity index (χ4n) is 4.06. The second-order valence-electron chi connectivity index (χ2n) is 7.90. The molecule has 0 unspecified atom stereocenters. The number of likely N-dealkylation sites (tertiary alicyclic amines) is 1. The van der Waals surface area contributed by atoms with Gasteiger partial charge in [-0.15, -0.1) is 0 Å². The zero-order valence-corrected chi connectivity index (χ0v) is 16.8. The largest absolute Gasteiger partial charge is 0.383 e. The number of carbonyl (C=O) groups excluding carboxylic acids is 1. The molecule has 7 heteroatoms. The van der Waals surface area contributed by atoms with Gasteiger partial charge in [0.1, 0.15) is 11.6 Å². The van der Waals surface area contributed by atoms with E-state index in [9.17, 15) is 4.79 Å². The summed E-state index contributed by atoms with van der Waals surface area (Å²) >= 11 is 0. The second kappa shape index (κ2) is 9.35. The number of carbonyl (C=O) groups is 1. The van der Waals surface area contributed by atoms with Crippen LogP contribution in [-0.4, -0.2) is 53.0 Å². The molecule has 1 atom stereocenters. The van der Waals surface area contributed by atoms with Crippen molar-refractivity contribution in [2.24, 2.45) is 0 Å². The van der Waals surface area contributed by atoms with Crippen molar-refractivity contribution < 1.29 is 4.79 Å². The van der Waals surface area contributed by atoms with E-state index in [4.69, 9.17) is 5.73 Å². The van der Waals surface area contributed by atoms with Crippen molar-refractivity contribution >= 4 is 23.5 Å². The summed E-state index contributed by atoms with van der Waals surface area (Å²) in [5, 5.41) is 3.31. The van der Waals surface area contributed by atoms with Gasteiger partial charge in [0.25, 0.3) is 0 Å². The summed E-state index contributed by atoms with van der Waals surface area (Å²) in [5.74, 6) is 1.75. The minimum absolute atomic E-state index is 0.0859. The van der Waals surface area contributed by atoms with Crippen LogP contribution in [0.5, 0.6) is 0 Å². The molecule has 27 heavy (non-hydrogen) atoms. The molecule has 3 N–H and O–H groups in total. The SMILES string of the molecule is CCC[C@H](C)Nc1nc(N)c2c(n1)N(CCCCN1CCCCC1)C(=O)C2. The summed E-state index contributed by atoms with van der Waals surface area (Å²) in [5.41, 5.74) is 6.90. The molecule has 7 nitrogen and oxygen atoms in total. The van der Waals surface area contributed by atoms with Crippen LogP contribution in [-0.2, 0) is 11.2 Å². The molecule has 1 aromatic heterocycles. The fraction of sp³-hybridized carbons (Fsp3) is 0.750. The van der Waals surface area contributed by atoms with E-state index in [-0.39, 0.29) is 11.9 Å². The van der Waals surface area contributed by atoms with Gasteiger partial charge >= 0.3 is 0 Å². The number of hydrogen-bond acceptors (Lipinski definition) is 6. The number of aromatic nitrogens is 2. The van der Waals surface area contributed by atoms with E-state index in [1.807, 2.05) is 0 Å². The van der Waals surface area contributed by atoms with Crippen molar-refractivity contribution in [1.29, 1.82) is 0 Å². The van der Waals surface area contributed by atoms with Crippen LogP contribution in [0.25, 0.3) is 0 Å². The monoisotopic (exact) mass is 374 g/mol. The van der Waals surface area contributed by atoms with E-state index >= 15 is 0 Å². The van der Waals surface area contributed by atoms with Crippen LogP contribution in [0.3, 0.4) is 0 Å². The Bertz CT molecular complexity index is 644. The third-order valence-electron chi connectivity index (χ3n) is 5.55. The Hall–Kier alpha value is -1.89. The van der Waals surface area contributed by atoms with E-state index in [2.05, 4.69) is 34.0 Å². The van der Waals surface area contributed by atoms with E-state index < -0.39 is 0 Å². The number of anilines is 3. The molecule has 0 bridgehead atoms. The van der Waals surface area contributed by atoms with Gasteiger partial charge in [0.15, 0.2) is 0 Å². The van der Waals surface area contributed by atoms with E-state index in [0.717, 1.165) is 37.8 Å². The average molecular weight is 375 g/mol. The van der Waals surface area contributed by atoms with Crippen molar-refractivity contribution in [2.75, 3.05) is 42.1 Å². The lowest BCUT2D eigenvalue weighted by Gasteiger charge is -2.26. The Balaban J connectivity index is 1.59. The summed E-state index contributed by atoms with van der Waals surface area (Å²) in [7, 11) is 0. The van der Waals surface area contributed by atoms with Crippen LogP contribution >= 0.6 is 0 Å². The highest BCUT2D eigenvalue weighted by Gasteiger charge is 2.31. The normalized spacial score (nSPS) is 18.6. The summed E-state index contributed by atoms with van der Waals surface area (Å²) in [6.45, 7) is 8.54. The van der Waals surface area contributed by atoms with Crippen molar-refractivity contribution in [1.82, 2.24) is 14.9 Å². The van der Waals surface area contributed by atoms with Gasteiger partial charge < -0.3 is 16.0 Å². The van der Waals surface area contributed by atoms with Crippen LogP contribution in [0.15, 0.2) is 0 Å². The van der Waals surface area contributed by atoms with Gasteiger partial charge in [-0.1, -0.05) is 19.8 Å². The van der Waals surface area contributed by atoms with Crippen LogP contribution in [0.4, 0.5) is 17.6 Å². The molecule has 2 aliphatic heterocycles. The number of amides is 1. The molecule has 1 aromatic rings. The number of rotatable bonds is 9. The first-order valence-electron chi connectivity index (χ1n) is 10.5. The second-order valence-corrected chi connectivity index (χ2v) is 7.90. The Labute approximate surface area is 162 Å². The molecular formula is C20H34N6O. The number of fused-ring (bicyclic) bond motifs is 1. The quantitative estimate of drug-likeness (QED) is 0.646. The van der Waals surface area contributed by atoms with Gasteiger partial charge in [-0.25, -0.2) is 0 Å². The first-order chi connectivity index (χ1) is 13.1.